The number of benzene rings is 2. The van der Waals surface area contributed by atoms with E-state index in [2.05, 4.69) is 5.32 Å². The van der Waals surface area contributed by atoms with Gasteiger partial charge >= 0.3 is 6.18 Å². The van der Waals surface area contributed by atoms with Crippen LogP contribution in [0, 0.1) is 11.3 Å². The van der Waals surface area contributed by atoms with Crippen LogP contribution in [0.15, 0.2) is 48.5 Å². The Hall–Kier alpha value is -2.68. The highest BCUT2D eigenvalue weighted by Crippen LogP contribution is 2.33. The van der Waals surface area contributed by atoms with Crippen LogP contribution in [0.5, 0.6) is 0 Å². The monoisotopic (exact) mass is 345 g/mol. The minimum absolute atomic E-state index is 0.0734. The Morgan fingerprint density at radius 2 is 1.72 bits per heavy atom. The van der Waals surface area contributed by atoms with Gasteiger partial charge in [-0.15, -0.1) is 0 Å². The van der Waals surface area contributed by atoms with E-state index in [4.69, 9.17) is 0 Å². The molecule has 0 spiro atoms. The van der Waals surface area contributed by atoms with Crippen molar-refractivity contribution in [2.75, 3.05) is 23.3 Å². The van der Waals surface area contributed by atoms with Gasteiger partial charge < -0.3 is 10.2 Å². The summed E-state index contributed by atoms with van der Waals surface area (Å²) < 4.78 is 38.4. The fraction of sp³-hybridized carbons (Fsp3) is 0.316. The first-order chi connectivity index (χ1) is 12.0. The van der Waals surface area contributed by atoms with Gasteiger partial charge in [0.1, 0.15) is 6.07 Å². The molecule has 0 saturated carbocycles. The Morgan fingerprint density at radius 3 is 2.32 bits per heavy atom. The summed E-state index contributed by atoms with van der Waals surface area (Å²) in [6.07, 6.45) is -2.71. The SMILES string of the molecule is N#Cc1cc(C(F)(F)F)ccc1N1CCC(Nc2ccccc2)CC1. The molecule has 0 radical (unpaired) electrons. The van der Waals surface area contributed by atoms with Crippen molar-refractivity contribution < 1.29 is 13.2 Å². The first-order valence-corrected chi connectivity index (χ1v) is 8.15. The molecule has 0 bridgehead atoms. The minimum atomic E-state index is -4.43. The standard InChI is InChI=1S/C19H18F3N3/c20-19(21,22)15-6-7-18(14(12-15)13-23)25-10-8-17(9-11-25)24-16-4-2-1-3-5-16/h1-7,12,17,24H,8-11H2. The highest BCUT2D eigenvalue weighted by atomic mass is 19.4. The number of alkyl halides is 3. The zero-order valence-electron chi connectivity index (χ0n) is 13.6. The molecule has 1 saturated heterocycles. The molecule has 0 aromatic heterocycles. The molecule has 1 aliphatic rings. The van der Waals surface area contributed by atoms with Crippen LogP contribution in [0.25, 0.3) is 0 Å². The van der Waals surface area contributed by atoms with Crippen molar-refractivity contribution in [3.8, 4) is 6.07 Å². The van der Waals surface area contributed by atoms with Gasteiger partial charge in [0.15, 0.2) is 0 Å². The van der Waals surface area contributed by atoms with Crippen LogP contribution in [0.1, 0.15) is 24.0 Å². The van der Waals surface area contributed by atoms with Gasteiger partial charge in [0.25, 0.3) is 0 Å². The first-order valence-electron chi connectivity index (χ1n) is 8.15. The molecule has 2 aromatic carbocycles. The van der Waals surface area contributed by atoms with Crippen molar-refractivity contribution in [1.29, 1.82) is 5.26 Å². The predicted molar refractivity (Wildman–Crippen MR) is 91.5 cm³/mol. The first kappa shape index (κ1) is 17.2. The average Bonchev–Trinajstić information content (AvgIpc) is 2.62. The van der Waals surface area contributed by atoms with Crippen molar-refractivity contribution in [3.05, 3.63) is 59.7 Å². The zero-order chi connectivity index (χ0) is 17.9. The topological polar surface area (TPSA) is 39.1 Å². The quantitative estimate of drug-likeness (QED) is 0.879. The van der Waals surface area contributed by atoms with Crippen LogP contribution in [-0.4, -0.2) is 19.1 Å². The third kappa shape index (κ3) is 4.05. The normalized spacial score (nSPS) is 15.7. The van der Waals surface area contributed by atoms with Crippen molar-refractivity contribution in [1.82, 2.24) is 0 Å². The maximum Gasteiger partial charge on any atom is 0.416 e. The number of nitriles is 1. The third-order valence-corrected chi connectivity index (χ3v) is 4.42. The lowest BCUT2D eigenvalue weighted by atomic mass is 10.0. The lowest BCUT2D eigenvalue weighted by Gasteiger charge is -2.35. The Labute approximate surface area is 144 Å². The van der Waals surface area contributed by atoms with Crippen LogP contribution in [-0.2, 0) is 6.18 Å². The van der Waals surface area contributed by atoms with E-state index in [0.29, 0.717) is 24.8 Å². The molecule has 1 aliphatic heterocycles. The van der Waals surface area contributed by atoms with E-state index in [1.165, 1.54) is 6.07 Å². The van der Waals surface area contributed by atoms with Gasteiger partial charge in [-0.25, -0.2) is 0 Å². The second-order valence-electron chi connectivity index (χ2n) is 6.11. The van der Waals surface area contributed by atoms with Gasteiger partial charge in [0.2, 0.25) is 0 Å². The smallest absolute Gasteiger partial charge is 0.382 e. The summed E-state index contributed by atoms with van der Waals surface area (Å²) in [6.45, 7) is 1.40. The van der Waals surface area contributed by atoms with E-state index in [-0.39, 0.29) is 5.56 Å². The van der Waals surface area contributed by atoms with Gasteiger partial charge in [-0.1, -0.05) is 18.2 Å². The molecule has 0 amide bonds. The Bertz CT molecular complexity index is 758. The summed E-state index contributed by atoms with van der Waals surface area (Å²) in [5.41, 5.74) is 0.930. The summed E-state index contributed by atoms with van der Waals surface area (Å²) in [5, 5.41) is 12.7. The molecular formula is C19H18F3N3. The molecular weight excluding hydrogens is 327 g/mol. The number of rotatable bonds is 3. The van der Waals surface area contributed by atoms with Crippen molar-refractivity contribution in [2.45, 2.75) is 25.1 Å². The number of nitrogens with one attached hydrogen (secondary N) is 1. The molecule has 1 heterocycles. The van der Waals surface area contributed by atoms with Crippen LogP contribution in [0.3, 0.4) is 0 Å². The molecule has 3 rings (SSSR count). The molecule has 1 fully saturated rings. The average molecular weight is 345 g/mol. The van der Waals surface area contributed by atoms with Crippen molar-refractivity contribution in [2.24, 2.45) is 0 Å². The van der Waals surface area contributed by atoms with Crippen molar-refractivity contribution in [3.63, 3.8) is 0 Å². The molecule has 0 unspecified atom stereocenters. The molecule has 3 nitrogen and oxygen atoms in total. The molecule has 1 N–H and O–H groups in total. The van der Waals surface area contributed by atoms with E-state index in [9.17, 15) is 18.4 Å². The second kappa shape index (κ2) is 7.06. The van der Waals surface area contributed by atoms with E-state index >= 15 is 0 Å². The molecule has 130 valence electrons. The number of anilines is 2. The number of hydrogen-bond donors (Lipinski definition) is 1. The van der Waals surface area contributed by atoms with Crippen LogP contribution in [0.4, 0.5) is 24.5 Å². The Balaban J connectivity index is 1.68. The lowest BCUT2D eigenvalue weighted by Crippen LogP contribution is -2.39. The lowest BCUT2D eigenvalue weighted by molar-refractivity contribution is -0.137. The maximum absolute atomic E-state index is 12.8. The summed E-state index contributed by atoms with van der Waals surface area (Å²) in [4.78, 5) is 1.99. The number of nitrogens with zero attached hydrogens (tertiary/aromatic N) is 2. The minimum Gasteiger partial charge on any atom is -0.382 e. The van der Waals surface area contributed by atoms with Gasteiger partial charge in [-0.3, -0.25) is 0 Å². The second-order valence-corrected chi connectivity index (χ2v) is 6.11. The van der Waals surface area contributed by atoms with Crippen molar-refractivity contribution >= 4 is 11.4 Å². The highest BCUT2D eigenvalue weighted by molar-refractivity contribution is 5.61. The number of hydrogen-bond acceptors (Lipinski definition) is 3. The predicted octanol–water partition coefficient (Wildman–Crippen LogP) is 4.66. The molecule has 6 heteroatoms. The van der Waals surface area contributed by atoms with Gasteiger partial charge in [-0.2, -0.15) is 18.4 Å². The Kier molecular flexibility index (Phi) is 4.84. The van der Waals surface area contributed by atoms with Gasteiger partial charge in [0.05, 0.1) is 16.8 Å². The highest BCUT2D eigenvalue weighted by Gasteiger charge is 2.31. The largest absolute Gasteiger partial charge is 0.416 e. The molecule has 25 heavy (non-hydrogen) atoms. The van der Waals surface area contributed by atoms with E-state index in [0.717, 1.165) is 30.7 Å². The van der Waals surface area contributed by atoms with Crippen LogP contribution >= 0.6 is 0 Å². The summed E-state index contributed by atoms with van der Waals surface area (Å²) in [7, 11) is 0. The maximum atomic E-state index is 12.8. The summed E-state index contributed by atoms with van der Waals surface area (Å²) >= 11 is 0. The van der Waals surface area contributed by atoms with Gasteiger partial charge in [-0.05, 0) is 43.2 Å². The number of para-hydroxylation sites is 1. The van der Waals surface area contributed by atoms with Crippen LogP contribution in [0.2, 0.25) is 0 Å². The molecule has 0 aliphatic carbocycles. The van der Waals surface area contributed by atoms with E-state index in [1.54, 1.807) is 0 Å². The van der Waals surface area contributed by atoms with E-state index in [1.807, 2.05) is 41.3 Å². The number of piperidine rings is 1. The fourth-order valence-corrected chi connectivity index (χ4v) is 3.11. The summed E-state index contributed by atoms with van der Waals surface area (Å²) in [5.74, 6) is 0. The van der Waals surface area contributed by atoms with Gasteiger partial charge in [0, 0.05) is 24.8 Å². The third-order valence-electron chi connectivity index (χ3n) is 4.42. The molecule has 0 atom stereocenters. The van der Waals surface area contributed by atoms with E-state index < -0.39 is 11.7 Å². The van der Waals surface area contributed by atoms with Crippen LogP contribution < -0.4 is 10.2 Å². The summed E-state index contributed by atoms with van der Waals surface area (Å²) in [6, 6.07) is 15.5. The zero-order valence-corrected chi connectivity index (χ0v) is 13.6. The number of halogens is 3. The fourth-order valence-electron chi connectivity index (χ4n) is 3.11. The Morgan fingerprint density at radius 1 is 1.04 bits per heavy atom. The molecule has 2 aromatic rings.